The second-order valence-corrected chi connectivity index (χ2v) is 6.12. The molecule has 0 atom stereocenters. The Kier molecular flexibility index (Phi) is 4.98. The lowest BCUT2D eigenvalue weighted by molar-refractivity contribution is 0.0468. The van der Waals surface area contributed by atoms with Crippen LogP contribution in [0.1, 0.15) is 48.9 Å². The minimum atomic E-state index is -0.555. The molecule has 0 radical (unpaired) electrons. The molecule has 1 heterocycles. The van der Waals surface area contributed by atoms with Crippen LogP contribution in [-0.2, 0) is 11.3 Å². The molecule has 0 amide bonds. The van der Waals surface area contributed by atoms with Gasteiger partial charge in [-0.3, -0.25) is 4.79 Å². The van der Waals surface area contributed by atoms with Gasteiger partial charge in [0.15, 0.2) is 5.78 Å². The quantitative estimate of drug-likeness (QED) is 0.510. The number of aryl methyl sites for hydroxylation is 3. The Morgan fingerprint density at radius 3 is 2.23 bits per heavy atom. The molecule has 0 aliphatic heterocycles. The zero-order chi connectivity index (χ0) is 18.7. The number of ketones is 1. The molecule has 0 saturated carbocycles. The van der Waals surface area contributed by atoms with E-state index in [9.17, 15) is 9.59 Å². The van der Waals surface area contributed by atoms with Crippen LogP contribution < -0.4 is 0 Å². The zero-order valence-electron chi connectivity index (χ0n) is 14.9. The number of esters is 1. The molecular formula is C21H19NO4. The van der Waals surface area contributed by atoms with Crippen molar-refractivity contribution in [3.8, 4) is 0 Å². The number of carbonyl (C=O) groups excluding carboxylic acids is 2. The van der Waals surface area contributed by atoms with Gasteiger partial charge < -0.3 is 9.26 Å². The number of hydrogen-bond acceptors (Lipinski definition) is 5. The van der Waals surface area contributed by atoms with Crippen molar-refractivity contribution in [3.63, 3.8) is 0 Å². The van der Waals surface area contributed by atoms with Gasteiger partial charge in [-0.15, -0.1) is 0 Å². The van der Waals surface area contributed by atoms with Gasteiger partial charge in [-0.2, -0.15) is 0 Å². The Hall–Kier alpha value is -3.21. The van der Waals surface area contributed by atoms with E-state index in [1.807, 2.05) is 19.1 Å². The molecule has 5 heteroatoms. The van der Waals surface area contributed by atoms with Crippen LogP contribution in [0.15, 0.2) is 53.1 Å². The van der Waals surface area contributed by atoms with E-state index in [1.54, 1.807) is 50.2 Å². The van der Waals surface area contributed by atoms with Crippen LogP contribution in [0.3, 0.4) is 0 Å². The molecule has 132 valence electrons. The Balaban J connectivity index is 1.83. The van der Waals surface area contributed by atoms with Crippen molar-refractivity contribution in [1.29, 1.82) is 0 Å². The Morgan fingerprint density at radius 2 is 1.62 bits per heavy atom. The van der Waals surface area contributed by atoms with E-state index in [0.717, 1.165) is 11.1 Å². The normalized spacial score (nSPS) is 10.6. The summed E-state index contributed by atoms with van der Waals surface area (Å²) in [6.07, 6.45) is 0. The number of benzene rings is 2. The van der Waals surface area contributed by atoms with Crippen molar-refractivity contribution in [3.05, 3.63) is 87.8 Å². The molecule has 2 aromatic carbocycles. The maximum Gasteiger partial charge on any atom is 0.339 e. The summed E-state index contributed by atoms with van der Waals surface area (Å²) in [5.41, 5.74) is 3.57. The van der Waals surface area contributed by atoms with Crippen LogP contribution >= 0.6 is 0 Å². The van der Waals surface area contributed by atoms with E-state index < -0.39 is 5.97 Å². The van der Waals surface area contributed by atoms with Crippen LogP contribution in [0.25, 0.3) is 0 Å². The Labute approximate surface area is 151 Å². The highest BCUT2D eigenvalue weighted by Gasteiger charge is 2.20. The predicted octanol–water partition coefficient (Wildman–Crippen LogP) is 4.19. The molecule has 0 N–H and O–H groups in total. The van der Waals surface area contributed by atoms with Crippen LogP contribution in [0, 0.1) is 20.8 Å². The summed E-state index contributed by atoms with van der Waals surface area (Å²) in [7, 11) is 0. The Morgan fingerprint density at radius 1 is 0.962 bits per heavy atom. The van der Waals surface area contributed by atoms with Crippen LogP contribution in [-0.4, -0.2) is 16.9 Å². The highest BCUT2D eigenvalue weighted by atomic mass is 16.5. The molecule has 0 aliphatic carbocycles. The van der Waals surface area contributed by atoms with Gasteiger partial charge in [-0.25, -0.2) is 4.79 Å². The number of aromatic nitrogens is 1. The first-order chi connectivity index (χ1) is 12.5. The van der Waals surface area contributed by atoms with E-state index >= 15 is 0 Å². The second-order valence-electron chi connectivity index (χ2n) is 6.12. The first kappa shape index (κ1) is 17.6. The number of hydrogen-bond donors (Lipinski definition) is 0. The monoisotopic (exact) mass is 349 g/mol. The third-order valence-corrected chi connectivity index (χ3v) is 4.23. The third kappa shape index (κ3) is 3.57. The Bertz CT molecular complexity index is 935. The summed E-state index contributed by atoms with van der Waals surface area (Å²) in [5, 5.41) is 3.84. The van der Waals surface area contributed by atoms with Gasteiger partial charge in [-0.05, 0) is 26.8 Å². The summed E-state index contributed by atoms with van der Waals surface area (Å²) in [6.45, 7) is 5.55. The fourth-order valence-corrected chi connectivity index (χ4v) is 2.64. The number of rotatable bonds is 5. The fourth-order valence-electron chi connectivity index (χ4n) is 2.64. The molecule has 0 bridgehead atoms. The van der Waals surface area contributed by atoms with E-state index in [4.69, 9.17) is 9.26 Å². The largest absolute Gasteiger partial charge is 0.457 e. The van der Waals surface area contributed by atoms with Crippen molar-refractivity contribution in [2.45, 2.75) is 27.4 Å². The van der Waals surface area contributed by atoms with E-state index in [2.05, 4.69) is 5.16 Å². The maximum atomic E-state index is 12.8. The molecule has 1 aromatic heterocycles. The average Bonchev–Trinajstić information content (AvgIpc) is 2.97. The van der Waals surface area contributed by atoms with Crippen molar-refractivity contribution < 1.29 is 18.8 Å². The maximum absolute atomic E-state index is 12.8. The first-order valence-corrected chi connectivity index (χ1v) is 8.26. The molecular weight excluding hydrogens is 330 g/mol. The molecule has 0 fully saturated rings. The van der Waals surface area contributed by atoms with Crippen molar-refractivity contribution in [2.24, 2.45) is 0 Å². The fraction of sp³-hybridized carbons (Fsp3) is 0.190. The van der Waals surface area contributed by atoms with Crippen LogP contribution in [0.4, 0.5) is 0 Å². The highest BCUT2D eigenvalue weighted by molar-refractivity contribution is 6.14. The standard InChI is InChI=1S/C21H19NO4/c1-13-8-10-16(11-9-13)20(23)17-6-4-5-7-18(17)21(24)25-12-19-14(2)22-26-15(19)3/h4-11H,12H2,1-3H3. The zero-order valence-corrected chi connectivity index (χ0v) is 14.9. The van der Waals surface area contributed by atoms with Gasteiger partial charge in [0.25, 0.3) is 0 Å². The van der Waals surface area contributed by atoms with Crippen molar-refractivity contribution >= 4 is 11.8 Å². The number of ether oxygens (including phenoxy) is 1. The van der Waals surface area contributed by atoms with E-state index in [1.165, 1.54) is 0 Å². The number of nitrogens with zero attached hydrogens (tertiary/aromatic N) is 1. The van der Waals surface area contributed by atoms with Gasteiger partial charge in [0, 0.05) is 11.1 Å². The minimum Gasteiger partial charge on any atom is -0.457 e. The topological polar surface area (TPSA) is 69.4 Å². The molecule has 3 aromatic rings. The molecule has 3 rings (SSSR count). The summed E-state index contributed by atoms with van der Waals surface area (Å²) in [4.78, 5) is 25.3. The molecule has 0 aliphatic rings. The second kappa shape index (κ2) is 7.35. The van der Waals surface area contributed by atoms with Crippen LogP contribution in [0.5, 0.6) is 0 Å². The predicted molar refractivity (Wildman–Crippen MR) is 96.2 cm³/mol. The average molecular weight is 349 g/mol. The number of carbonyl (C=O) groups is 2. The van der Waals surface area contributed by atoms with Gasteiger partial charge in [-0.1, -0.05) is 53.2 Å². The van der Waals surface area contributed by atoms with Gasteiger partial charge >= 0.3 is 5.97 Å². The molecule has 5 nitrogen and oxygen atoms in total. The van der Waals surface area contributed by atoms with Gasteiger partial charge in [0.1, 0.15) is 12.4 Å². The van der Waals surface area contributed by atoms with Crippen molar-refractivity contribution in [1.82, 2.24) is 5.16 Å². The SMILES string of the molecule is Cc1ccc(C(=O)c2ccccc2C(=O)OCc2c(C)noc2C)cc1. The smallest absolute Gasteiger partial charge is 0.339 e. The summed E-state index contributed by atoms with van der Waals surface area (Å²) in [5.74, 6) is -0.157. The van der Waals surface area contributed by atoms with Gasteiger partial charge in [0.05, 0.1) is 16.8 Å². The van der Waals surface area contributed by atoms with Gasteiger partial charge in [0.2, 0.25) is 0 Å². The van der Waals surface area contributed by atoms with E-state index in [0.29, 0.717) is 22.6 Å². The lowest BCUT2D eigenvalue weighted by atomic mass is 9.98. The first-order valence-electron chi connectivity index (χ1n) is 8.26. The summed E-state index contributed by atoms with van der Waals surface area (Å²) in [6, 6.07) is 13.9. The molecule has 0 saturated heterocycles. The van der Waals surface area contributed by atoms with E-state index in [-0.39, 0.29) is 18.0 Å². The lowest BCUT2D eigenvalue weighted by Gasteiger charge is -2.09. The lowest BCUT2D eigenvalue weighted by Crippen LogP contribution is -2.13. The third-order valence-electron chi connectivity index (χ3n) is 4.23. The summed E-state index contributed by atoms with van der Waals surface area (Å²) < 4.78 is 10.5. The van der Waals surface area contributed by atoms with Crippen molar-refractivity contribution in [2.75, 3.05) is 0 Å². The highest BCUT2D eigenvalue weighted by Crippen LogP contribution is 2.19. The summed E-state index contributed by atoms with van der Waals surface area (Å²) >= 11 is 0. The molecule has 0 unspecified atom stereocenters. The minimum absolute atomic E-state index is 0.0487. The molecule has 0 spiro atoms. The van der Waals surface area contributed by atoms with Crippen LogP contribution in [0.2, 0.25) is 0 Å². The molecule has 26 heavy (non-hydrogen) atoms.